The summed E-state index contributed by atoms with van der Waals surface area (Å²) in [4.78, 5) is 8.69. The third-order valence-corrected chi connectivity index (χ3v) is 4.69. The Morgan fingerprint density at radius 3 is 2.75 bits per heavy atom. The number of aliphatic imine (C=N–C) groups is 1. The Balaban J connectivity index is 1.84. The minimum atomic E-state index is -0.207. The molecule has 0 saturated heterocycles. The standard InChI is InChI=1S/C18H25FN4S/c1-13-23-16(11-24-13)8-9-21-17(20-4)22-12-18(2,3)14-6-5-7-15(19)10-14/h5-7,10-11H,8-9,12H2,1-4H3,(H2,20,21,22). The van der Waals surface area contributed by atoms with E-state index in [2.05, 4.69) is 39.8 Å². The van der Waals surface area contributed by atoms with Gasteiger partial charge in [0.1, 0.15) is 5.82 Å². The molecule has 2 aromatic rings. The van der Waals surface area contributed by atoms with Gasteiger partial charge in [-0.1, -0.05) is 26.0 Å². The summed E-state index contributed by atoms with van der Waals surface area (Å²) < 4.78 is 13.4. The highest BCUT2D eigenvalue weighted by Crippen LogP contribution is 2.22. The highest BCUT2D eigenvalue weighted by molar-refractivity contribution is 7.09. The van der Waals surface area contributed by atoms with Crippen molar-refractivity contribution in [2.24, 2.45) is 4.99 Å². The van der Waals surface area contributed by atoms with E-state index in [0.29, 0.717) is 6.54 Å². The number of nitrogens with one attached hydrogen (secondary N) is 2. The molecule has 0 aliphatic heterocycles. The summed E-state index contributed by atoms with van der Waals surface area (Å²) in [7, 11) is 1.75. The van der Waals surface area contributed by atoms with Gasteiger partial charge in [-0.3, -0.25) is 4.99 Å². The Bertz CT molecular complexity index is 694. The van der Waals surface area contributed by atoms with E-state index in [1.807, 2.05) is 13.0 Å². The molecule has 0 fully saturated rings. The molecule has 0 spiro atoms. The first-order valence-corrected chi connectivity index (χ1v) is 8.90. The zero-order valence-corrected chi connectivity index (χ0v) is 15.5. The third-order valence-electron chi connectivity index (χ3n) is 3.87. The van der Waals surface area contributed by atoms with E-state index >= 15 is 0 Å². The lowest BCUT2D eigenvalue weighted by Crippen LogP contribution is -2.44. The molecular weight excluding hydrogens is 323 g/mol. The maximum Gasteiger partial charge on any atom is 0.191 e. The molecule has 6 heteroatoms. The lowest BCUT2D eigenvalue weighted by Gasteiger charge is -2.26. The number of nitrogens with zero attached hydrogens (tertiary/aromatic N) is 2. The van der Waals surface area contributed by atoms with Crippen molar-refractivity contribution in [1.82, 2.24) is 15.6 Å². The summed E-state index contributed by atoms with van der Waals surface area (Å²) in [6.45, 7) is 7.60. The molecule has 2 rings (SSSR count). The van der Waals surface area contributed by atoms with Gasteiger partial charge < -0.3 is 10.6 Å². The topological polar surface area (TPSA) is 49.3 Å². The predicted octanol–water partition coefficient (Wildman–Crippen LogP) is 3.28. The van der Waals surface area contributed by atoms with E-state index in [1.54, 1.807) is 30.5 Å². The second-order valence-electron chi connectivity index (χ2n) is 6.35. The van der Waals surface area contributed by atoms with Gasteiger partial charge in [-0.25, -0.2) is 9.37 Å². The van der Waals surface area contributed by atoms with Crippen LogP contribution in [0.2, 0.25) is 0 Å². The Morgan fingerprint density at radius 1 is 1.33 bits per heavy atom. The molecule has 1 aromatic heterocycles. The summed E-state index contributed by atoms with van der Waals surface area (Å²) >= 11 is 1.67. The monoisotopic (exact) mass is 348 g/mol. The van der Waals surface area contributed by atoms with Gasteiger partial charge >= 0.3 is 0 Å². The molecule has 1 aromatic carbocycles. The SMILES string of the molecule is CN=C(NCCc1csc(C)n1)NCC(C)(C)c1cccc(F)c1. The second-order valence-corrected chi connectivity index (χ2v) is 7.42. The lowest BCUT2D eigenvalue weighted by molar-refractivity contribution is 0.503. The summed E-state index contributed by atoms with van der Waals surface area (Å²) in [5.41, 5.74) is 1.86. The zero-order valence-electron chi connectivity index (χ0n) is 14.7. The Kier molecular flexibility index (Phi) is 6.31. The maximum atomic E-state index is 13.4. The molecule has 0 atom stereocenters. The van der Waals surface area contributed by atoms with Crippen molar-refractivity contribution in [3.63, 3.8) is 0 Å². The average molecular weight is 348 g/mol. The normalized spacial score (nSPS) is 12.3. The van der Waals surface area contributed by atoms with E-state index in [-0.39, 0.29) is 11.2 Å². The van der Waals surface area contributed by atoms with Crippen LogP contribution in [0.5, 0.6) is 0 Å². The smallest absolute Gasteiger partial charge is 0.191 e. The van der Waals surface area contributed by atoms with Crippen molar-refractivity contribution in [1.29, 1.82) is 0 Å². The van der Waals surface area contributed by atoms with E-state index in [0.717, 1.165) is 35.2 Å². The van der Waals surface area contributed by atoms with Gasteiger partial charge in [0.25, 0.3) is 0 Å². The van der Waals surface area contributed by atoms with Gasteiger partial charge in [-0.15, -0.1) is 11.3 Å². The van der Waals surface area contributed by atoms with Crippen LogP contribution in [0.15, 0.2) is 34.6 Å². The van der Waals surface area contributed by atoms with Gasteiger partial charge in [0.2, 0.25) is 0 Å². The Hall–Kier alpha value is -1.95. The third kappa shape index (κ3) is 5.30. The van der Waals surface area contributed by atoms with Crippen LogP contribution in [0.4, 0.5) is 4.39 Å². The first kappa shape index (κ1) is 18.4. The lowest BCUT2D eigenvalue weighted by atomic mass is 9.84. The van der Waals surface area contributed by atoms with Crippen LogP contribution < -0.4 is 10.6 Å². The number of guanidine groups is 1. The van der Waals surface area contributed by atoms with E-state index in [1.165, 1.54) is 6.07 Å². The van der Waals surface area contributed by atoms with Crippen molar-refractivity contribution in [3.8, 4) is 0 Å². The van der Waals surface area contributed by atoms with Crippen LogP contribution in [0.3, 0.4) is 0 Å². The van der Waals surface area contributed by atoms with Gasteiger partial charge in [0.15, 0.2) is 5.96 Å². The van der Waals surface area contributed by atoms with Crippen molar-refractivity contribution < 1.29 is 4.39 Å². The van der Waals surface area contributed by atoms with Gasteiger partial charge in [0.05, 0.1) is 10.7 Å². The molecule has 0 amide bonds. The molecule has 0 aliphatic carbocycles. The number of hydrogen-bond donors (Lipinski definition) is 2. The molecule has 0 aliphatic rings. The molecule has 4 nitrogen and oxygen atoms in total. The molecule has 0 bridgehead atoms. The molecule has 0 saturated carbocycles. The van der Waals surface area contributed by atoms with Crippen molar-refractivity contribution >= 4 is 17.3 Å². The minimum Gasteiger partial charge on any atom is -0.356 e. The van der Waals surface area contributed by atoms with Gasteiger partial charge in [0, 0.05) is 37.4 Å². The van der Waals surface area contributed by atoms with Crippen LogP contribution in [-0.2, 0) is 11.8 Å². The Morgan fingerprint density at radius 2 is 2.12 bits per heavy atom. The fourth-order valence-corrected chi connectivity index (χ4v) is 3.02. The van der Waals surface area contributed by atoms with Gasteiger partial charge in [-0.2, -0.15) is 0 Å². The van der Waals surface area contributed by atoms with Crippen molar-refractivity contribution in [2.75, 3.05) is 20.1 Å². The predicted molar refractivity (Wildman–Crippen MR) is 99.3 cm³/mol. The van der Waals surface area contributed by atoms with Crippen LogP contribution in [0.25, 0.3) is 0 Å². The maximum absolute atomic E-state index is 13.4. The molecule has 1 heterocycles. The molecule has 2 N–H and O–H groups in total. The minimum absolute atomic E-state index is 0.203. The van der Waals surface area contributed by atoms with E-state index in [4.69, 9.17) is 0 Å². The fourth-order valence-electron chi connectivity index (χ4n) is 2.37. The van der Waals surface area contributed by atoms with E-state index < -0.39 is 0 Å². The number of hydrogen-bond acceptors (Lipinski definition) is 3. The number of aromatic nitrogens is 1. The molecular formula is C18H25FN4S. The number of aryl methyl sites for hydroxylation is 1. The summed E-state index contributed by atoms with van der Waals surface area (Å²) in [5, 5.41) is 9.78. The largest absolute Gasteiger partial charge is 0.356 e. The summed E-state index contributed by atoms with van der Waals surface area (Å²) in [6.07, 6.45) is 0.859. The summed E-state index contributed by atoms with van der Waals surface area (Å²) in [5.74, 6) is 0.535. The number of halogens is 1. The van der Waals surface area contributed by atoms with Crippen LogP contribution in [-0.4, -0.2) is 31.1 Å². The first-order chi connectivity index (χ1) is 11.4. The van der Waals surface area contributed by atoms with Crippen molar-refractivity contribution in [2.45, 2.75) is 32.6 Å². The number of rotatable bonds is 6. The molecule has 0 unspecified atom stereocenters. The number of thiazole rings is 1. The average Bonchev–Trinajstić information content (AvgIpc) is 2.96. The highest BCUT2D eigenvalue weighted by Gasteiger charge is 2.21. The van der Waals surface area contributed by atoms with E-state index in [9.17, 15) is 4.39 Å². The van der Waals surface area contributed by atoms with Gasteiger partial charge in [-0.05, 0) is 24.6 Å². The molecule has 130 valence electrons. The molecule has 24 heavy (non-hydrogen) atoms. The second kappa shape index (κ2) is 8.24. The highest BCUT2D eigenvalue weighted by atomic mass is 32.1. The van der Waals surface area contributed by atoms with Crippen molar-refractivity contribution in [3.05, 3.63) is 51.7 Å². The quantitative estimate of drug-likeness (QED) is 0.622. The fraction of sp³-hybridized carbons (Fsp3) is 0.444. The zero-order chi connectivity index (χ0) is 17.6. The van der Waals surface area contributed by atoms with Crippen LogP contribution >= 0.6 is 11.3 Å². The molecule has 0 radical (unpaired) electrons. The number of benzene rings is 1. The summed E-state index contributed by atoms with van der Waals surface area (Å²) in [6, 6.07) is 6.75. The first-order valence-electron chi connectivity index (χ1n) is 8.02. The van der Waals surface area contributed by atoms with Crippen LogP contribution in [0.1, 0.15) is 30.1 Å². The van der Waals surface area contributed by atoms with Crippen LogP contribution in [0, 0.1) is 12.7 Å². The Labute approximate surface area is 147 Å².